The molecule has 0 atom stereocenters. The van der Waals surface area contributed by atoms with Crippen LogP contribution in [0.1, 0.15) is 33.0 Å². The van der Waals surface area contributed by atoms with Crippen LogP contribution in [-0.2, 0) is 13.1 Å². The van der Waals surface area contributed by atoms with Crippen molar-refractivity contribution in [1.82, 2.24) is 14.3 Å². The Morgan fingerprint density at radius 3 is 2.53 bits per heavy atom. The Labute approximate surface area is 190 Å². The van der Waals surface area contributed by atoms with Crippen LogP contribution in [0.4, 0.5) is 5.69 Å². The minimum absolute atomic E-state index is 0.104. The second kappa shape index (κ2) is 8.48. The van der Waals surface area contributed by atoms with Crippen LogP contribution in [0.2, 0.25) is 0 Å². The number of carbonyl (C=O) groups excluding carboxylic acids is 1. The second-order valence-electron chi connectivity index (χ2n) is 8.01. The number of aryl methyl sites for hydroxylation is 2. The predicted molar refractivity (Wildman–Crippen MR) is 131 cm³/mol. The molecule has 0 fully saturated rings. The van der Waals surface area contributed by atoms with Gasteiger partial charge in [-0.05, 0) is 60.7 Å². The van der Waals surface area contributed by atoms with Crippen LogP contribution in [0.5, 0.6) is 0 Å². The Bertz CT molecular complexity index is 1390. The summed E-state index contributed by atoms with van der Waals surface area (Å²) in [5.74, 6) is -0.104. The van der Waals surface area contributed by atoms with Crippen molar-refractivity contribution in [3.63, 3.8) is 0 Å². The summed E-state index contributed by atoms with van der Waals surface area (Å²) in [6.45, 7) is 5.37. The van der Waals surface area contributed by atoms with Crippen molar-refractivity contribution >= 4 is 33.1 Å². The molecule has 1 amide bonds. The monoisotopic (exact) mass is 440 g/mol. The van der Waals surface area contributed by atoms with Crippen LogP contribution in [0.15, 0.2) is 78.2 Å². The summed E-state index contributed by atoms with van der Waals surface area (Å²) in [6, 6.07) is 24.3. The fourth-order valence-corrected chi connectivity index (χ4v) is 4.87. The standard InChI is InChI=1S/C26H24N4OS/c1-18-13-19(2)30(28-18)17-21-9-6-10-22(14-21)27-26(31)24-15-25-23(11-12-32-25)29(24)16-20-7-4-3-5-8-20/h3-15H,16-17H2,1-2H3,(H,27,31). The highest BCUT2D eigenvalue weighted by Gasteiger charge is 2.17. The van der Waals surface area contributed by atoms with Gasteiger partial charge in [0.25, 0.3) is 5.91 Å². The quantitative estimate of drug-likeness (QED) is 0.359. The summed E-state index contributed by atoms with van der Waals surface area (Å²) in [4.78, 5) is 13.3. The number of rotatable bonds is 6. The van der Waals surface area contributed by atoms with E-state index in [0.29, 0.717) is 18.8 Å². The molecule has 5 nitrogen and oxygen atoms in total. The highest BCUT2D eigenvalue weighted by atomic mass is 32.1. The van der Waals surface area contributed by atoms with E-state index in [2.05, 4.69) is 57.6 Å². The van der Waals surface area contributed by atoms with Crippen molar-refractivity contribution in [3.05, 3.63) is 106 Å². The van der Waals surface area contributed by atoms with E-state index in [1.807, 2.05) is 54.1 Å². The van der Waals surface area contributed by atoms with Gasteiger partial charge < -0.3 is 9.88 Å². The average molecular weight is 441 g/mol. The second-order valence-corrected chi connectivity index (χ2v) is 8.96. The van der Waals surface area contributed by atoms with E-state index in [-0.39, 0.29) is 5.91 Å². The first-order valence-corrected chi connectivity index (χ1v) is 11.5. The van der Waals surface area contributed by atoms with Crippen molar-refractivity contribution in [3.8, 4) is 0 Å². The largest absolute Gasteiger partial charge is 0.331 e. The average Bonchev–Trinajstić information content (AvgIpc) is 3.45. The highest BCUT2D eigenvalue weighted by molar-refractivity contribution is 7.17. The third kappa shape index (κ3) is 4.09. The molecule has 0 unspecified atom stereocenters. The SMILES string of the molecule is Cc1cc(C)n(Cc2cccc(NC(=O)c3cc4sccc4n3Cc3ccccc3)c2)n1. The number of hydrogen-bond donors (Lipinski definition) is 1. The Kier molecular flexibility index (Phi) is 5.37. The molecular formula is C26H24N4OS. The van der Waals surface area contributed by atoms with E-state index in [1.54, 1.807) is 11.3 Å². The molecule has 0 aliphatic carbocycles. The molecule has 1 N–H and O–H groups in total. The van der Waals surface area contributed by atoms with Crippen LogP contribution in [-0.4, -0.2) is 20.3 Å². The fraction of sp³-hybridized carbons (Fsp3) is 0.154. The first-order valence-electron chi connectivity index (χ1n) is 10.6. The smallest absolute Gasteiger partial charge is 0.272 e. The molecule has 0 saturated heterocycles. The number of hydrogen-bond acceptors (Lipinski definition) is 3. The van der Waals surface area contributed by atoms with Gasteiger partial charge in [0.1, 0.15) is 5.69 Å². The Hall–Kier alpha value is -3.64. The maximum atomic E-state index is 13.3. The molecule has 0 radical (unpaired) electrons. The first-order chi connectivity index (χ1) is 15.6. The molecule has 32 heavy (non-hydrogen) atoms. The molecule has 0 spiro atoms. The van der Waals surface area contributed by atoms with Crippen LogP contribution in [0.3, 0.4) is 0 Å². The lowest BCUT2D eigenvalue weighted by Gasteiger charge is -2.12. The molecule has 0 aliphatic heterocycles. The van der Waals surface area contributed by atoms with Gasteiger partial charge in [-0.2, -0.15) is 5.10 Å². The molecule has 0 bridgehead atoms. The van der Waals surface area contributed by atoms with Crippen molar-refractivity contribution in [2.45, 2.75) is 26.9 Å². The number of amides is 1. The minimum Gasteiger partial charge on any atom is -0.331 e. The van der Waals surface area contributed by atoms with Crippen molar-refractivity contribution in [2.75, 3.05) is 5.32 Å². The predicted octanol–water partition coefficient (Wildman–Crippen LogP) is 5.87. The van der Waals surface area contributed by atoms with Gasteiger partial charge in [0.15, 0.2) is 0 Å². The van der Waals surface area contributed by atoms with E-state index in [0.717, 1.165) is 38.4 Å². The van der Waals surface area contributed by atoms with E-state index >= 15 is 0 Å². The summed E-state index contributed by atoms with van der Waals surface area (Å²) in [6.07, 6.45) is 0. The zero-order chi connectivity index (χ0) is 22.1. The topological polar surface area (TPSA) is 51.9 Å². The highest BCUT2D eigenvalue weighted by Crippen LogP contribution is 2.27. The molecule has 6 heteroatoms. The van der Waals surface area contributed by atoms with Crippen LogP contribution >= 0.6 is 11.3 Å². The third-order valence-corrected chi connectivity index (χ3v) is 6.41. The maximum Gasteiger partial charge on any atom is 0.272 e. The summed E-state index contributed by atoms with van der Waals surface area (Å²) in [5.41, 5.74) is 6.92. The minimum atomic E-state index is -0.104. The molecular weight excluding hydrogens is 416 g/mol. The van der Waals surface area contributed by atoms with Gasteiger partial charge in [-0.15, -0.1) is 11.3 Å². The van der Waals surface area contributed by atoms with Gasteiger partial charge >= 0.3 is 0 Å². The summed E-state index contributed by atoms with van der Waals surface area (Å²) in [7, 11) is 0. The van der Waals surface area contributed by atoms with Gasteiger partial charge in [-0.3, -0.25) is 9.48 Å². The third-order valence-electron chi connectivity index (χ3n) is 5.56. The van der Waals surface area contributed by atoms with E-state index in [1.165, 1.54) is 0 Å². The van der Waals surface area contributed by atoms with E-state index < -0.39 is 0 Å². The molecule has 3 aromatic heterocycles. The fourth-order valence-electron chi connectivity index (χ4n) is 4.05. The molecule has 2 aromatic carbocycles. The zero-order valence-electron chi connectivity index (χ0n) is 18.1. The summed E-state index contributed by atoms with van der Waals surface area (Å²) >= 11 is 1.65. The van der Waals surface area contributed by atoms with Gasteiger partial charge in [0.2, 0.25) is 0 Å². The first kappa shape index (κ1) is 20.3. The number of anilines is 1. The number of thiophene rings is 1. The van der Waals surface area contributed by atoms with Gasteiger partial charge in [0.05, 0.1) is 22.5 Å². The molecule has 3 heterocycles. The van der Waals surface area contributed by atoms with E-state index in [9.17, 15) is 4.79 Å². The maximum absolute atomic E-state index is 13.3. The Morgan fingerprint density at radius 1 is 0.938 bits per heavy atom. The van der Waals surface area contributed by atoms with Gasteiger partial charge in [-0.1, -0.05) is 42.5 Å². The van der Waals surface area contributed by atoms with Crippen molar-refractivity contribution in [2.24, 2.45) is 0 Å². The normalized spacial score (nSPS) is 11.2. The number of aromatic nitrogens is 3. The Morgan fingerprint density at radius 2 is 1.75 bits per heavy atom. The lowest BCUT2D eigenvalue weighted by Crippen LogP contribution is -2.17. The van der Waals surface area contributed by atoms with Crippen LogP contribution in [0.25, 0.3) is 10.2 Å². The summed E-state index contributed by atoms with van der Waals surface area (Å²) in [5, 5.41) is 9.70. The molecule has 0 aliphatic rings. The van der Waals surface area contributed by atoms with E-state index in [4.69, 9.17) is 0 Å². The zero-order valence-corrected chi connectivity index (χ0v) is 18.9. The number of nitrogens with zero attached hydrogens (tertiary/aromatic N) is 3. The number of benzene rings is 2. The number of carbonyl (C=O) groups is 1. The lowest BCUT2D eigenvalue weighted by atomic mass is 10.2. The van der Waals surface area contributed by atoms with Crippen LogP contribution in [0, 0.1) is 13.8 Å². The Balaban J connectivity index is 1.40. The van der Waals surface area contributed by atoms with Crippen molar-refractivity contribution in [1.29, 1.82) is 0 Å². The molecule has 160 valence electrons. The van der Waals surface area contributed by atoms with Gasteiger partial charge in [-0.25, -0.2) is 0 Å². The molecule has 5 aromatic rings. The number of nitrogens with one attached hydrogen (secondary N) is 1. The molecule has 0 saturated carbocycles. The van der Waals surface area contributed by atoms with Crippen molar-refractivity contribution < 1.29 is 4.79 Å². The van der Waals surface area contributed by atoms with Crippen LogP contribution < -0.4 is 5.32 Å². The molecule has 5 rings (SSSR count). The number of fused-ring (bicyclic) bond motifs is 1. The van der Waals surface area contributed by atoms with Gasteiger partial charge in [0, 0.05) is 17.9 Å². The summed E-state index contributed by atoms with van der Waals surface area (Å²) < 4.78 is 5.19. The lowest BCUT2D eigenvalue weighted by molar-refractivity contribution is 0.101.